The maximum atomic E-state index is 11.4. The molecule has 0 unspecified atom stereocenters. The Morgan fingerprint density at radius 2 is 2.38 bits per heavy atom. The summed E-state index contributed by atoms with van der Waals surface area (Å²) in [4.78, 5) is 15.6. The van der Waals surface area contributed by atoms with Crippen molar-refractivity contribution in [2.75, 3.05) is 0 Å². The van der Waals surface area contributed by atoms with E-state index in [1.807, 2.05) is 7.05 Å². The summed E-state index contributed by atoms with van der Waals surface area (Å²) in [5.41, 5.74) is 0.521. The molecule has 8 nitrogen and oxygen atoms in total. The topological polar surface area (TPSA) is 99.0 Å². The molecule has 1 atom stereocenters. The smallest absolute Gasteiger partial charge is 0.329 e. The Morgan fingerprint density at radius 3 is 3.00 bits per heavy atom. The minimum absolute atomic E-state index is 0.200. The highest BCUT2D eigenvalue weighted by Crippen LogP contribution is 2.18. The molecule has 0 aliphatic carbocycles. The number of aliphatic carboxylic acids is 1. The summed E-state index contributed by atoms with van der Waals surface area (Å²) >= 11 is 0. The molecular weight excluding hydrogens is 274 g/mol. The highest BCUT2D eigenvalue weighted by molar-refractivity contribution is 5.72. The second kappa shape index (κ2) is 5.23. The maximum absolute atomic E-state index is 11.4. The summed E-state index contributed by atoms with van der Waals surface area (Å²) in [6.07, 6.45) is 6.71. The van der Waals surface area contributed by atoms with E-state index >= 15 is 0 Å². The van der Waals surface area contributed by atoms with Crippen LogP contribution in [0.3, 0.4) is 0 Å². The molecule has 0 saturated heterocycles. The van der Waals surface area contributed by atoms with Gasteiger partial charge >= 0.3 is 5.97 Å². The average molecular weight is 287 g/mol. The number of furan rings is 1. The van der Waals surface area contributed by atoms with E-state index in [2.05, 4.69) is 15.3 Å². The fraction of sp³-hybridized carbons (Fsp3) is 0.231. The molecule has 3 aromatic rings. The van der Waals surface area contributed by atoms with Crippen molar-refractivity contribution in [2.24, 2.45) is 7.05 Å². The Labute approximate surface area is 119 Å². The van der Waals surface area contributed by atoms with Gasteiger partial charge in [-0.05, 0) is 12.1 Å². The SMILES string of the molecule is Cn1ccnc1-c1cn([C@@H](Cc2ccco2)C(=O)O)nn1. The molecule has 0 aliphatic heterocycles. The monoisotopic (exact) mass is 287 g/mol. The van der Waals surface area contributed by atoms with Crippen LogP contribution in [0.4, 0.5) is 0 Å². The van der Waals surface area contributed by atoms with Crippen LogP contribution in [0.2, 0.25) is 0 Å². The Morgan fingerprint density at radius 1 is 1.52 bits per heavy atom. The number of imidazole rings is 1. The molecule has 0 spiro atoms. The fourth-order valence-electron chi connectivity index (χ4n) is 2.06. The van der Waals surface area contributed by atoms with Crippen molar-refractivity contribution < 1.29 is 14.3 Å². The van der Waals surface area contributed by atoms with Crippen LogP contribution >= 0.6 is 0 Å². The molecule has 0 amide bonds. The van der Waals surface area contributed by atoms with Gasteiger partial charge in [-0.15, -0.1) is 5.10 Å². The number of aryl methyl sites for hydroxylation is 1. The lowest BCUT2D eigenvalue weighted by Crippen LogP contribution is -2.21. The van der Waals surface area contributed by atoms with Crippen LogP contribution in [-0.4, -0.2) is 35.6 Å². The van der Waals surface area contributed by atoms with E-state index in [1.54, 1.807) is 35.3 Å². The maximum Gasteiger partial charge on any atom is 0.329 e. The van der Waals surface area contributed by atoms with Gasteiger partial charge in [-0.25, -0.2) is 14.5 Å². The highest BCUT2D eigenvalue weighted by Gasteiger charge is 2.23. The average Bonchev–Trinajstić information content (AvgIpc) is 3.16. The molecule has 0 fully saturated rings. The summed E-state index contributed by atoms with van der Waals surface area (Å²) < 4.78 is 8.30. The van der Waals surface area contributed by atoms with Gasteiger partial charge in [0.25, 0.3) is 0 Å². The van der Waals surface area contributed by atoms with Crippen molar-refractivity contribution in [1.82, 2.24) is 24.5 Å². The zero-order valence-corrected chi connectivity index (χ0v) is 11.2. The molecule has 21 heavy (non-hydrogen) atoms. The van der Waals surface area contributed by atoms with E-state index in [0.29, 0.717) is 17.3 Å². The van der Waals surface area contributed by atoms with Crippen LogP contribution in [-0.2, 0) is 18.3 Å². The van der Waals surface area contributed by atoms with Crippen LogP contribution in [0.1, 0.15) is 11.8 Å². The Balaban J connectivity index is 1.89. The number of aromatic nitrogens is 5. The van der Waals surface area contributed by atoms with E-state index in [1.165, 1.54) is 10.9 Å². The first-order chi connectivity index (χ1) is 10.1. The van der Waals surface area contributed by atoms with Gasteiger partial charge in [0.15, 0.2) is 11.9 Å². The number of carboxylic acids is 1. The molecule has 3 rings (SSSR count). The fourth-order valence-corrected chi connectivity index (χ4v) is 2.06. The van der Waals surface area contributed by atoms with Crippen molar-refractivity contribution >= 4 is 5.97 Å². The minimum Gasteiger partial charge on any atom is -0.480 e. The third kappa shape index (κ3) is 2.55. The first-order valence-electron chi connectivity index (χ1n) is 6.30. The molecule has 1 N–H and O–H groups in total. The number of hydrogen-bond donors (Lipinski definition) is 1. The number of hydrogen-bond acceptors (Lipinski definition) is 5. The van der Waals surface area contributed by atoms with Crippen LogP contribution in [0.25, 0.3) is 11.5 Å². The summed E-state index contributed by atoms with van der Waals surface area (Å²) in [6, 6.07) is 2.57. The Kier molecular flexibility index (Phi) is 3.27. The number of rotatable bonds is 5. The van der Waals surface area contributed by atoms with Gasteiger partial charge in [0, 0.05) is 25.9 Å². The summed E-state index contributed by atoms with van der Waals surface area (Å²) in [5.74, 6) is 0.211. The molecular formula is C13H13N5O3. The first-order valence-corrected chi connectivity index (χ1v) is 6.30. The second-order valence-corrected chi connectivity index (χ2v) is 4.58. The molecule has 0 saturated carbocycles. The van der Waals surface area contributed by atoms with Crippen LogP contribution in [0.5, 0.6) is 0 Å². The van der Waals surface area contributed by atoms with Gasteiger partial charge in [-0.3, -0.25) is 0 Å². The number of carbonyl (C=O) groups is 1. The highest BCUT2D eigenvalue weighted by atomic mass is 16.4. The second-order valence-electron chi connectivity index (χ2n) is 4.58. The molecule has 0 bridgehead atoms. The summed E-state index contributed by atoms with van der Waals surface area (Å²) in [6.45, 7) is 0. The van der Waals surface area contributed by atoms with Crippen molar-refractivity contribution in [3.63, 3.8) is 0 Å². The van der Waals surface area contributed by atoms with Crippen LogP contribution < -0.4 is 0 Å². The van der Waals surface area contributed by atoms with Gasteiger partial charge in [0.05, 0.1) is 12.5 Å². The quantitative estimate of drug-likeness (QED) is 0.755. The van der Waals surface area contributed by atoms with Gasteiger partial charge < -0.3 is 14.1 Å². The van der Waals surface area contributed by atoms with E-state index < -0.39 is 12.0 Å². The van der Waals surface area contributed by atoms with E-state index in [0.717, 1.165) is 0 Å². The molecule has 0 aromatic carbocycles. The predicted molar refractivity (Wildman–Crippen MR) is 71.3 cm³/mol. The summed E-state index contributed by atoms with van der Waals surface area (Å²) in [7, 11) is 1.83. The van der Waals surface area contributed by atoms with Crippen molar-refractivity contribution in [3.05, 3.63) is 42.7 Å². The van der Waals surface area contributed by atoms with E-state index in [-0.39, 0.29) is 6.42 Å². The molecule has 0 radical (unpaired) electrons. The molecule has 8 heteroatoms. The Bertz CT molecular complexity index is 744. The van der Waals surface area contributed by atoms with Gasteiger partial charge in [-0.1, -0.05) is 5.21 Å². The van der Waals surface area contributed by atoms with E-state index in [4.69, 9.17) is 4.42 Å². The normalized spacial score (nSPS) is 12.4. The standard InChI is InChI=1S/C13H13N5O3/c1-17-5-4-14-12(17)10-8-18(16-15-10)11(13(19)20)7-9-3-2-6-21-9/h2-6,8,11H,7H2,1H3,(H,19,20)/t11-/m0/s1. The lowest BCUT2D eigenvalue weighted by atomic mass is 10.2. The minimum atomic E-state index is -0.998. The molecule has 3 heterocycles. The van der Waals surface area contributed by atoms with Crippen molar-refractivity contribution in [1.29, 1.82) is 0 Å². The zero-order valence-electron chi connectivity index (χ0n) is 11.2. The third-order valence-corrected chi connectivity index (χ3v) is 3.14. The molecule has 3 aromatic heterocycles. The lowest BCUT2D eigenvalue weighted by molar-refractivity contribution is -0.141. The molecule has 108 valence electrons. The van der Waals surface area contributed by atoms with Crippen molar-refractivity contribution in [2.45, 2.75) is 12.5 Å². The largest absolute Gasteiger partial charge is 0.480 e. The van der Waals surface area contributed by atoms with Crippen LogP contribution in [0.15, 0.2) is 41.4 Å². The third-order valence-electron chi connectivity index (χ3n) is 3.14. The number of nitrogens with zero attached hydrogens (tertiary/aromatic N) is 5. The first kappa shape index (κ1) is 13.1. The van der Waals surface area contributed by atoms with Gasteiger partial charge in [0.2, 0.25) is 0 Å². The van der Waals surface area contributed by atoms with Crippen molar-refractivity contribution in [3.8, 4) is 11.5 Å². The summed E-state index contributed by atoms with van der Waals surface area (Å²) in [5, 5.41) is 17.3. The predicted octanol–water partition coefficient (Wildman–Crippen LogP) is 1.14. The van der Waals surface area contributed by atoms with Gasteiger partial charge in [-0.2, -0.15) is 0 Å². The Hall–Kier alpha value is -2.90. The van der Waals surface area contributed by atoms with E-state index in [9.17, 15) is 9.90 Å². The van der Waals surface area contributed by atoms with Gasteiger partial charge in [0.1, 0.15) is 11.5 Å². The number of carboxylic acid groups (broad SMARTS) is 1. The molecule has 0 aliphatic rings. The zero-order chi connectivity index (χ0) is 14.8. The lowest BCUT2D eigenvalue weighted by Gasteiger charge is -2.09. The van der Waals surface area contributed by atoms with Crippen LogP contribution in [0, 0.1) is 0 Å².